The predicted octanol–water partition coefficient (Wildman–Crippen LogP) is -0.552. The second-order valence-electron chi connectivity index (χ2n) is 3.14. The van der Waals surface area contributed by atoms with Gasteiger partial charge in [-0.2, -0.15) is 0 Å². The highest BCUT2D eigenvalue weighted by atomic mass is 16.5. The number of rotatable bonds is 1. The van der Waals surface area contributed by atoms with Crippen LogP contribution in [0.2, 0.25) is 0 Å². The van der Waals surface area contributed by atoms with Crippen molar-refractivity contribution in [2.24, 2.45) is 5.92 Å². The van der Waals surface area contributed by atoms with Crippen LogP contribution in [-0.2, 0) is 9.53 Å². The molecule has 2 saturated heterocycles. The van der Waals surface area contributed by atoms with Crippen molar-refractivity contribution in [1.29, 1.82) is 0 Å². The molecule has 62 valence electrons. The lowest BCUT2D eigenvalue weighted by Gasteiger charge is -2.21. The molecule has 2 aliphatic rings. The third-order valence-electron chi connectivity index (χ3n) is 2.37. The van der Waals surface area contributed by atoms with Gasteiger partial charge in [-0.3, -0.25) is 4.79 Å². The molecule has 4 nitrogen and oxygen atoms in total. The standard InChI is InChI=1S/C7H11NO3/c9-7(10)5-1-4-2-8-3-6(5)11-4/h4-6,8H,1-3H2,(H,9,10). The molecule has 11 heavy (non-hydrogen) atoms. The first kappa shape index (κ1) is 7.06. The number of nitrogens with one attached hydrogen (secondary N) is 1. The first-order valence-electron chi connectivity index (χ1n) is 3.86. The first-order chi connectivity index (χ1) is 5.27. The Morgan fingerprint density at radius 2 is 2.36 bits per heavy atom. The Hall–Kier alpha value is -0.610. The van der Waals surface area contributed by atoms with Crippen LogP contribution in [-0.4, -0.2) is 36.4 Å². The molecule has 2 rings (SSSR count). The van der Waals surface area contributed by atoms with Gasteiger partial charge in [0.1, 0.15) is 0 Å². The third-order valence-corrected chi connectivity index (χ3v) is 2.37. The summed E-state index contributed by atoms with van der Waals surface area (Å²) in [5.41, 5.74) is 0. The van der Waals surface area contributed by atoms with Crippen molar-refractivity contribution in [3.63, 3.8) is 0 Å². The van der Waals surface area contributed by atoms with E-state index in [9.17, 15) is 4.79 Å². The molecule has 2 bridgehead atoms. The normalized spacial score (nSPS) is 42.4. The zero-order valence-electron chi connectivity index (χ0n) is 6.12. The van der Waals surface area contributed by atoms with Gasteiger partial charge in [0.25, 0.3) is 0 Å². The summed E-state index contributed by atoms with van der Waals surface area (Å²) in [6.07, 6.45) is 0.716. The molecule has 0 aliphatic carbocycles. The number of ether oxygens (including phenoxy) is 1. The summed E-state index contributed by atoms with van der Waals surface area (Å²) in [7, 11) is 0. The number of hydrogen-bond donors (Lipinski definition) is 2. The van der Waals surface area contributed by atoms with Crippen LogP contribution in [0, 0.1) is 5.92 Å². The number of hydrogen-bond acceptors (Lipinski definition) is 3. The van der Waals surface area contributed by atoms with Crippen LogP contribution in [0.3, 0.4) is 0 Å². The number of fused-ring (bicyclic) bond motifs is 2. The Labute approximate surface area is 64.5 Å². The van der Waals surface area contributed by atoms with Gasteiger partial charge in [0.2, 0.25) is 0 Å². The van der Waals surface area contributed by atoms with Crippen LogP contribution in [0.15, 0.2) is 0 Å². The Morgan fingerprint density at radius 1 is 1.55 bits per heavy atom. The van der Waals surface area contributed by atoms with Gasteiger partial charge < -0.3 is 15.2 Å². The van der Waals surface area contributed by atoms with E-state index in [1.807, 2.05) is 0 Å². The maximum atomic E-state index is 10.6. The molecule has 3 atom stereocenters. The highest BCUT2D eigenvalue weighted by molar-refractivity contribution is 5.71. The lowest BCUT2D eigenvalue weighted by Crippen LogP contribution is -2.40. The van der Waals surface area contributed by atoms with E-state index in [1.165, 1.54) is 0 Å². The van der Waals surface area contributed by atoms with Crippen molar-refractivity contribution in [1.82, 2.24) is 5.32 Å². The molecular formula is C7H11NO3. The van der Waals surface area contributed by atoms with E-state index in [0.29, 0.717) is 13.0 Å². The van der Waals surface area contributed by atoms with Crippen LogP contribution >= 0.6 is 0 Å². The molecule has 2 fully saturated rings. The van der Waals surface area contributed by atoms with Crippen LogP contribution in [0.25, 0.3) is 0 Å². The van der Waals surface area contributed by atoms with Crippen molar-refractivity contribution in [3.8, 4) is 0 Å². The third kappa shape index (κ3) is 1.12. The van der Waals surface area contributed by atoms with Gasteiger partial charge in [-0.15, -0.1) is 0 Å². The first-order valence-corrected chi connectivity index (χ1v) is 3.86. The average Bonchev–Trinajstić information content (AvgIpc) is 2.27. The van der Waals surface area contributed by atoms with Gasteiger partial charge >= 0.3 is 5.97 Å². The maximum absolute atomic E-state index is 10.6. The minimum absolute atomic E-state index is 0.0914. The SMILES string of the molecule is O=C(O)C1CC2CNCC1O2. The fraction of sp³-hybridized carbons (Fsp3) is 0.857. The van der Waals surface area contributed by atoms with Gasteiger partial charge in [0.15, 0.2) is 0 Å². The summed E-state index contributed by atoms with van der Waals surface area (Å²) in [5.74, 6) is -1.00. The summed E-state index contributed by atoms with van der Waals surface area (Å²) in [6, 6.07) is 0. The molecule has 2 heterocycles. The Kier molecular flexibility index (Phi) is 1.58. The molecule has 0 radical (unpaired) electrons. The van der Waals surface area contributed by atoms with E-state index in [2.05, 4.69) is 5.32 Å². The smallest absolute Gasteiger partial charge is 0.309 e. The topological polar surface area (TPSA) is 58.6 Å². The quantitative estimate of drug-likeness (QED) is 0.536. The lowest BCUT2D eigenvalue weighted by molar-refractivity contribution is -0.143. The van der Waals surface area contributed by atoms with Crippen LogP contribution in [0.1, 0.15) is 6.42 Å². The van der Waals surface area contributed by atoms with E-state index in [-0.39, 0.29) is 18.1 Å². The van der Waals surface area contributed by atoms with Gasteiger partial charge in [-0.1, -0.05) is 0 Å². The van der Waals surface area contributed by atoms with Gasteiger partial charge in [0, 0.05) is 13.1 Å². The summed E-state index contributed by atoms with van der Waals surface area (Å²) >= 11 is 0. The summed E-state index contributed by atoms with van der Waals surface area (Å²) in [5, 5.41) is 11.9. The number of aliphatic carboxylic acids is 1. The Morgan fingerprint density at radius 3 is 3.00 bits per heavy atom. The molecule has 0 spiro atoms. The largest absolute Gasteiger partial charge is 0.481 e. The zero-order chi connectivity index (χ0) is 7.84. The minimum atomic E-state index is -0.721. The highest BCUT2D eigenvalue weighted by Gasteiger charge is 2.41. The number of carboxylic acids is 1. The monoisotopic (exact) mass is 157 g/mol. The Balaban J connectivity index is 2.08. The second-order valence-corrected chi connectivity index (χ2v) is 3.14. The maximum Gasteiger partial charge on any atom is 0.309 e. The Bertz CT molecular complexity index is 183. The van der Waals surface area contributed by atoms with E-state index in [0.717, 1.165) is 6.54 Å². The molecule has 0 aromatic heterocycles. The van der Waals surface area contributed by atoms with Crippen molar-refractivity contribution in [2.75, 3.05) is 13.1 Å². The molecular weight excluding hydrogens is 146 g/mol. The number of carbonyl (C=O) groups is 1. The molecule has 3 unspecified atom stereocenters. The molecule has 2 N–H and O–H groups in total. The second kappa shape index (κ2) is 2.46. The van der Waals surface area contributed by atoms with Gasteiger partial charge in [0.05, 0.1) is 18.1 Å². The summed E-state index contributed by atoms with van der Waals surface area (Å²) < 4.78 is 5.43. The molecule has 2 aliphatic heterocycles. The van der Waals surface area contributed by atoms with Crippen LogP contribution in [0.4, 0.5) is 0 Å². The lowest BCUT2D eigenvalue weighted by atomic mass is 10.0. The molecule has 0 aromatic rings. The van der Waals surface area contributed by atoms with E-state index >= 15 is 0 Å². The fourth-order valence-corrected chi connectivity index (χ4v) is 1.80. The van der Waals surface area contributed by atoms with Crippen LogP contribution < -0.4 is 5.32 Å². The number of carboxylic acid groups (broad SMARTS) is 1. The highest BCUT2D eigenvalue weighted by Crippen LogP contribution is 2.28. The minimum Gasteiger partial charge on any atom is -0.481 e. The summed E-state index contributed by atoms with van der Waals surface area (Å²) in [4.78, 5) is 10.6. The number of morpholine rings is 1. The van der Waals surface area contributed by atoms with Crippen molar-refractivity contribution in [2.45, 2.75) is 18.6 Å². The average molecular weight is 157 g/mol. The van der Waals surface area contributed by atoms with Gasteiger partial charge in [-0.05, 0) is 6.42 Å². The van der Waals surface area contributed by atoms with E-state index in [1.54, 1.807) is 0 Å². The van der Waals surface area contributed by atoms with Crippen LogP contribution in [0.5, 0.6) is 0 Å². The van der Waals surface area contributed by atoms with E-state index < -0.39 is 5.97 Å². The fourth-order valence-electron chi connectivity index (χ4n) is 1.80. The van der Waals surface area contributed by atoms with E-state index in [4.69, 9.17) is 9.84 Å². The van der Waals surface area contributed by atoms with Crippen molar-refractivity contribution in [3.05, 3.63) is 0 Å². The summed E-state index contributed by atoms with van der Waals surface area (Å²) in [6.45, 7) is 1.49. The molecule has 0 amide bonds. The van der Waals surface area contributed by atoms with Gasteiger partial charge in [-0.25, -0.2) is 0 Å². The molecule has 0 aromatic carbocycles. The van der Waals surface area contributed by atoms with Crippen molar-refractivity contribution < 1.29 is 14.6 Å². The van der Waals surface area contributed by atoms with Crippen molar-refractivity contribution >= 4 is 5.97 Å². The predicted molar refractivity (Wildman–Crippen MR) is 37.3 cm³/mol. The molecule has 0 saturated carbocycles. The molecule has 4 heteroatoms. The zero-order valence-corrected chi connectivity index (χ0v) is 6.12.